The molecule has 0 spiro atoms. The minimum absolute atomic E-state index is 0.271. The quantitative estimate of drug-likeness (QED) is 0.740. The van der Waals surface area contributed by atoms with Crippen molar-refractivity contribution in [2.75, 3.05) is 0 Å². The van der Waals surface area contributed by atoms with E-state index in [1.54, 1.807) is 0 Å². The number of nitrogens with one attached hydrogen (secondary N) is 1. The second-order valence-electron chi connectivity index (χ2n) is 4.36. The number of amides is 1. The third-order valence-corrected chi connectivity index (χ3v) is 2.98. The van der Waals surface area contributed by atoms with Crippen molar-refractivity contribution in [3.8, 4) is 0 Å². The summed E-state index contributed by atoms with van der Waals surface area (Å²) in [5, 5.41) is 3.15. The Bertz CT molecular complexity index is 168. The summed E-state index contributed by atoms with van der Waals surface area (Å²) >= 11 is 0. The van der Waals surface area contributed by atoms with Crippen LogP contribution < -0.4 is 5.32 Å². The fourth-order valence-corrected chi connectivity index (χ4v) is 2.07. The molecule has 0 aromatic carbocycles. The van der Waals surface area contributed by atoms with E-state index >= 15 is 0 Å². The van der Waals surface area contributed by atoms with Crippen LogP contribution in [0.25, 0.3) is 0 Å². The van der Waals surface area contributed by atoms with Gasteiger partial charge in [-0.25, -0.2) is 0 Å². The van der Waals surface area contributed by atoms with Crippen LogP contribution >= 0.6 is 0 Å². The number of rotatable bonds is 3. The molecule has 0 aromatic rings. The summed E-state index contributed by atoms with van der Waals surface area (Å²) in [6.07, 6.45) is 10.5. The minimum atomic E-state index is 0.271. The molecular formula is C12H23NO. The standard InChI is InChI=1S/C12H23NO/c1-2-3-8-11-9-6-4-5-7-10-12(14)13-11/h11H,2-10H2,1H3,(H,13,14). The first kappa shape index (κ1) is 11.5. The summed E-state index contributed by atoms with van der Waals surface area (Å²) in [4.78, 5) is 11.5. The highest BCUT2D eigenvalue weighted by Gasteiger charge is 2.13. The topological polar surface area (TPSA) is 29.1 Å². The molecule has 0 aliphatic carbocycles. The smallest absolute Gasteiger partial charge is 0.220 e. The Morgan fingerprint density at radius 3 is 2.86 bits per heavy atom. The van der Waals surface area contributed by atoms with Crippen LogP contribution in [0, 0.1) is 0 Å². The summed E-state index contributed by atoms with van der Waals surface area (Å²) in [6.45, 7) is 2.21. The summed E-state index contributed by atoms with van der Waals surface area (Å²) in [7, 11) is 0. The van der Waals surface area contributed by atoms with Gasteiger partial charge in [-0.15, -0.1) is 0 Å². The van der Waals surface area contributed by atoms with Crippen molar-refractivity contribution >= 4 is 5.91 Å². The molecule has 0 radical (unpaired) electrons. The van der Waals surface area contributed by atoms with E-state index in [0.29, 0.717) is 6.04 Å². The van der Waals surface area contributed by atoms with E-state index in [1.165, 1.54) is 44.9 Å². The molecule has 82 valence electrons. The first-order valence-corrected chi connectivity index (χ1v) is 6.12. The van der Waals surface area contributed by atoms with Gasteiger partial charge in [-0.3, -0.25) is 4.79 Å². The molecule has 0 bridgehead atoms. The molecule has 2 nitrogen and oxygen atoms in total. The molecule has 1 aliphatic heterocycles. The highest BCUT2D eigenvalue weighted by Crippen LogP contribution is 2.14. The Hall–Kier alpha value is -0.530. The summed E-state index contributed by atoms with van der Waals surface area (Å²) < 4.78 is 0. The molecule has 1 atom stereocenters. The van der Waals surface area contributed by atoms with Crippen LogP contribution in [-0.4, -0.2) is 11.9 Å². The summed E-state index contributed by atoms with van der Waals surface area (Å²) in [5.41, 5.74) is 0. The second kappa shape index (κ2) is 6.86. The molecule has 14 heavy (non-hydrogen) atoms. The fraction of sp³-hybridized carbons (Fsp3) is 0.917. The lowest BCUT2D eigenvalue weighted by Crippen LogP contribution is -2.34. The van der Waals surface area contributed by atoms with Crippen molar-refractivity contribution in [1.29, 1.82) is 0 Å². The van der Waals surface area contributed by atoms with Crippen LogP contribution in [0.15, 0.2) is 0 Å². The van der Waals surface area contributed by atoms with E-state index in [2.05, 4.69) is 12.2 Å². The van der Waals surface area contributed by atoms with E-state index in [1.807, 2.05) is 0 Å². The molecule has 1 amide bonds. The number of carbonyl (C=O) groups is 1. The Morgan fingerprint density at radius 1 is 1.29 bits per heavy atom. The normalized spacial score (nSPS) is 24.6. The molecule has 1 rings (SSSR count). The van der Waals surface area contributed by atoms with Crippen LogP contribution in [0.3, 0.4) is 0 Å². The van der Waals surface area contributed by atoms with E-state index in [-0.39, 0.29) is 5.91 Å². The number of hydrogen-bond donors (Lipinski definition) is 1. The van der Waals surface area contributed by atoms with Gasteiger partial charge >= 0.3 is 0 Å². The lowest BCUT2D eigenvalue weighted by Gasteiger charge is -2.17. The van der Waals surface area contributed by atoms with Crippen LogP contribution in [-0.2, 0) is 4.79 Å². The molecule has 1 saturated heterocycles. The maximum absolute atomic E-state index is 11.5. The molecule has 1 fully saturated rings. The predicted octanol–water partition coefficient (Wildman–Crippen LogP) is 3.02. The molecular weight excluding hydrogens is 174 g/mol. The molecule has 1 heterocycles. The van der Waals surface area contributed by atoms with Gasteiger partial charge in [-0.1, -0.05) is 39.0 Å². The van der Waals surface area contributed by atoms with Crippen LogP contribution in [0.1, 0.15) is 64.7 Å². The van der Waals surface area contributed by atoms with Gasteiger partial charge in [0.25, 0.3) is 0 Å². The van der Waals surface area contributed by atoms with Gasteiger partial charge < -0.3 is 5.32 Å². The van der Waals surface area contributed by atoms with Gasteiger partial charge in [0.15, 0.2) is 0 Å². The first-order chi connectivity index (χ1) is 6.83. The molecule has 1 aliphatic rings. The average Bonchev–Trinajstić information content (AvgIpc) is 2.27. The number of hydrogen-bond acceptors (Lipinski definition) is 1. The Labute approximate surface area is 87.5 Å². The molecule has 2 heteroatoms. The average molecular weight is 197 g/mol. The lowest BCUT2D eigenvalue weighted by molar-refractivity contribution is -0.121. The van der Waals surface area contributed by atoms with Crippen molar-refractivity contribution in [2.24, 2.45) is 0 Å². The second-order valence-corrected chi connectivity index (χ2v) is 4.36. The maximum Gasteiger partial charge on any atom is 0.220 e. The summed E-state index contributed by atoms with van der Waals surface area (Å²) in [6, 6.07) is 0.459. The predicted molar refractivity (Wildman–Crippen MR) is 59.2 cm³/mol. The van der Waals surface area contributed by atoms with Gasteiger partial charge in [-0.2, -0.15) is 0 Å². The third kappa shape index (κ3) is 4.64. The molecule has 1 unspecified atom stereocenters. The fourth-order valence-electron chi connectivity index (χ4n) is 2.07. The molecule has 0 aromatic heterocycles. The third-order valence-electron chi connectivity index (χ3n) is 2.98. The Balaban J connectivity index is 2.32. The van der Waals surface area contributed by atoms with Crippen molar-refractivity contribution < 1.29 is 4.79 Å². The van der Waals surface area contributed by atoms with E-state index < -0.39 is 0 Å². The van der Waals surface area contributed by atoms with Gasteiger partial charge in [0, 0.05) is 12.5 Å². The highest BCUT2D eigenvalue weighted by molar-refractivity contribution is 5.76. The monoisotopic (exact) mass is 197 g/mol. The molecule has 0 saturated carbocycles. The van der Waals surface area contributed by atoms with Gasteiger partial charge in [0.2, 0.25) is 5.91 Å². The zero-order valence-electron chi connectivity index (χ0n) is 9.35. The number of carbonyl (C=O) groups excluding carboxylic acids is 1. The Morgan fingerprint density at radius 2 is 2.07 bits per heavy atom. The van der Waals surface area contributed by atoms with Crippen molar-refractivity contribution in [2.45, 2.75) is 70.8 Å². The van der Waals surface area contributed by atoms with Crippen molar-refractivity contribution in [3.63, 3.8) is 0 Å². The van der Waals surface area contributed by atoms with E-state index in [0.717, 1.165) is 12.8 Å². The van der Waals surface area contributed by atoms with Gasteiger partial charge in [0.05, 0.1) is 0 Å². The van der Waals surface area contributed by atoms with Crippen molar-refractivity contribution in [1.82, 2.24) is 5.32 Å². The van der Waals surface area contributed by atoms with Crippen molar-refractivity contribution in [3.05, 3.63) is 0 Å². The minimum Gasteiger partial charge on any atom is -0.353 e. The highest BCUT2D eigenvalue weighted by atomic mass is 16.1. The van der Waals surface area contributed by atoms with Crippen LogP contribution in [0.2, 0.25) is 0 Å². The van der Waals surface area contributed by atoms with Gasteiger partial charge in [0.1, 0.15) is 0 Å². The molecule has 1 N–H and O–H groups in total. The van der Waals surface area contributed by atoms with Crippen LogP contribution in [0.5, 0.6) is 0 Å². The van der Waals surface area contributed by atoms with E-state index in [9.17, 15) is 4.79 Å². The largest absolute Gasteiger partial charge is 0.353 e. The zero-order valence-corrected chi connectivity index (χ0v) is 9.35. The SMILES string of the molecule is CCCCC1CCCCCCC(=O)N1. The lowest BCUT2D eigenvalue weighted by atomic mass is 10.0. The number of unbranched alkanes of at least 4 members (excludes halogenated alkanes) is 1. The summed E-state index contributed by atoms with van der Waals surface area (Å²) in [5.74, 6) is 0.271. The zero-order chi connectivity index (χ0) is 10.2. The Kier molecular flexibility index (Phi) is 5.65. The van der Waals surface area contributed by atoms with Gasteiger partial charge in [-0.05, 0) is 19.3 Å². The first-order valence-electron chi connectivity index (χ1n) is 6.12. The van der Waals surface area contributed by atoms with Crippen LogP contribution in [0.4, 0.5) is 0 Å². The van der Waals surface area contributed by atoms with E-state index in [4.69, 9.17) is 0 Å². The maximum atomic E-state index is 11.5.